The molecule has 2 amide bonds. The molecule has 0 saturated heterocycles. The number of nitrogens with two attached hydrogens (primary N) is 1. The number of benzene rings is 2. The van der Waals surface area contributed by atoms with Crippen molar-refractivity contribution in [2.45, 2.75) is 69.8 Å². The van der Waals surface area contributed by atoms with Gasteiger partial charge in [0.05, 0.1) is 22.9 Å². The molecule has 0 spiro atoms. The van der Waals surface area contributed by atoms with Crippen LogP contribution in [0.2, 0.25) is 5.02 Å². The molecule has 3 heterocycles. The molecule has 54 heavy (non-hydrogen) atoms. The fourth-order valence-electron chi connectivity index (χ4n) is 6.41. The molecule has 286 valence electrons. The van der Waals surface area contributed by atoms with E-state index in [1.165, 1.54) is 30.6 Å². The summed E-state index contributed by atoms with van der Waals surface area (Å²) in [5.41, 5.74) is 3.54. The zero-order valence-corrected chi connectivity index (χ0v) is 29.8. The Morgan fingerprint density at radius 1 is 1.09 bits per heavy atom. The molecule has 1 aliphatic carbocycles. The number of alkyl carbamates (subject to hydrolysis) is 1. The van der Waals surface area contributed by atoms with E-state index in [2.05, 4.69) is 21.8 Å². The van der Waals surface area contributed by atoms with Crippen LogP contribution in [0.15, 0.2) is 72.8 Å². The Morgan fingerprint density at radius 2 is 1.78 bits per heavy atom. The number of carbonyl (C=O) groups is 2. The van der Waals surface area contributed by atoms with E-state index in [-0.39, 0.29) is 41.5 Å². The first-order chi connectivity index (χ1) is 25.2. The molecule has 0 unspecified atom stereocenters. The van der Waals surface area contributed by atoms with Crippen LogP contribution in [0.25, 0.3) is 22.8 Å². The second-order valence-corrected chi connectivity index (χ2v) is 14.6. The van der Waals surface area contributed by atoms with Gasteiger partial charge < -0.3 is 15.8 Å². The van der Waals surface area contributed by atoms with Crippen LogP contribution >= 0.6 is 11.6 Å². The van der Waals surface area contributed by atoms with E-state index in [1.54, 1.807) is 24.3 Å². The molecule has 2 aromatic carbocycles. The van der Waals surface area contributed by atoms with Gasteiger partial charge in [-0.15, -0.1) is 0 Å². The van der Waals surface area contributed by atoms with Crippen LogP contribution < -0.4 is 11.1 Å². The number of nitrogens with one attached hydrogen (secondary N) is 1. The van der Waals surface area contributed by atoms with Crippen molar-refractivity contribution in [2.24, 2.45) is 16.1 Å². The summed E-state index contributed by atoms with van der Waals surface area (Å²) < 4.78 is 89.4. The average Bonchev–Trinajstić information content (AvgIpc) is 3.40. The van der Waals surface area contributed by atoms with E-state index in [0.29, 0.717) is 16.7 Å². The van der Waals surface area contributed by atoms with Gasteiger partial charge in [0.25, 0.3) is 12.3 Å². The molecular formula is C35H34ClF6N9O3. The lowest BCUT2D eigenvalue weighted by atomic mass is 9.75. The minimum atomic E-state index is -4.73. The summed E-state index contributed by atoms with van der Waals surface area (Å²) in [5.74, 6) is -2.51. The largest absolute Gasteiger partial charge is 0.447 e. The minimum Gasteiger partial charge on any atom is -0.447 e. The zero-order valence-electron chi connectivity index (χ0n) is 29.0. The normalized spacial score (nSPS) is 18.8. The van der Waals surface area contributed by atoms with E-state index in [1.807, 2.05) is 26.1 Å². The predicted octanol–water partition coefficient (Wildman–Crippen LogP) is 7.47. The van der Waals surface area contributed by atoms with Crippen LogP contribution in [0, 0.1) is 5.41 Å². The molecule has 1 aliphatic heterocycles. The molecule has 2 aromatic heterocycles. The number of halogens is 7. The monoisotopic (exact) mass is 777 g/mol. The van der Waals surface area contributed by atoms with E-state index < -0.39 is 65.5 Å². The number of carbonyl (C=O) groups excluding carboxylic acids is 2. The van der Waals surface area contributed by atoms with Crippen molar-refractivity contribution in [1.29, 1.82) is 0 Å². The predicted molar refractivity (Wildman–Crippen MR) is 185 cm³/mol. The highest BCUT2D eigenvalue weighted by Crippen LogP contribution is 2.49. The molecule has 19 heteroatoms. The summed E-state index contributed by atoms with van der Waals surface area (Å²) >= 11 is 6.42. The van der Waals surface area contributed by atoms with Crippen LogP contribution in [0.1, 0.15) is 69.5 Å². The SMILES string of the molecule is C=C(F)n1cc(-c2ccc([C@@]3(CC(C)(C)C)N=C(N)N([C@H](COC(=O)NC4(C(F)(F)F)CC4)c4ccc(Cl)c(-n5ncnc5C(F)F)c4)C3=O)cc2)cn1. The number of hydrogen-bond donors (Lipinski definition) is 2. The Hall–Kier alpha value is -5.39. The fourth-order valence-corrected chi connectivity index (χ4v) is 6.61. The third kappa shape index (κ3) is 7.25. The number of aliphatic imine (C=N–C) groups is 1. The van der Waals surface area contributed by atoms with Gasteiger partial charge in [0.15, 0.2) is 17.3 Å². The maximum absolute atomic E-state index is 14.9. The second kappa shape index (κ2) is 13.8. The highest BCUT2D eigenvalue weighted by molar-refractivity contribution is 6.32. The summed E-state index contributed by atoms with van der Waals surface area (Å²) in [6, 6.07) is 9.38. The van der Waals surface area contributed by atoms with Gasteiger partial charge in [-0.05, 0) is 60.1 Å². The number of amides is 2. The van der Waals surface area contributed by atoms with Crippen LogP contribution in [-0.2, 0) is 15.1 Å². The van der Waals surface area contributed by atoms with Crippen molar-refractivity contribution in [3.63, 3.8) is 0 Å². The molecule has 2 aliphatic rings. The second-order valence-electron chi connectivity index (χ2n) is 14.2. The molecule has 6 rings (SSSR count). The van der Waals surface area contributed by atoms with Crippen molar-refractivity contribution in [2.75, 3.05) is 6.61 Å². The molecule has 1 fully saturated rings. The molecule has 4 aromatic rings. The summed E-state index contributed by atoms with van der Waals surface area (Å²) in [4.78, 5) is 37.1. The number of alkyl halides is 5. The Morgan fingerprint density at radius 3 is 2.35 bits per heavy atom. The molecular weight excluding hydrogens is 744 g/mol. The van der Waals surface area contributed by atoms with Crippen LogP contribution in [-0.4, -0.2) is 65.7 Å². The Bertz CT molecular complexity index is 2120. The Labute approximate surface area is 309 Å². The third-order valence-corrected chi connectivity index (χ3v) is 9.43. The van der Waals surface area contributed by atoms with Crippen LogP contribution in [0.4, 0.5) is 31.1 Å². The van der Waals surface area contributed by atoms with Crippen LogP contribution in [0.3, 0.4) is 0 Å². The molecule has 2 atom stereocenters. The first-order valence-electron chi connectivity index (χ1n) is 16.4. The highest BCUT2D eigenvalue weighted by atomic mass is 35.5. The Balaban J connectivity index is 1.40. The highest BCUT2D eigenvalue weighted by Gasteiger charge is 2.64. The zero-order chi connectivity index (χ0) is 39.4. The lowest BCUT2D eigenvalue weighted by molar-refractivity contribution is -0.164. The van der Waals surface area contributed by atoms with Gasteiger partial charge in [-0.3, -0.25) is 9.69 Å². The van der Waals surface area contributed by atoms with Crippen molar-refractivity contribution in [3.8, 4) is 16.8 Å². The maximum Gasteiger partial charge on any atom is 0.411 e. The topological polar surface area (TPSA) is 146 Å². The van der Waals surface area contributed by atoms with Crippen molar-refractivity contribution in [3.05, 3.63) is 89.7 Å². The number of ether oxygens (including phenoxy) is 1. The van der Waals surface area contributed by atoms with Gasteiger partial charge in [0.2, 0.25) is 5.95 Å². The van der Waals surface area contributed by atoms with E-state index in [0.717, 1.165) is 20.6 Å². The van der Waals surface area contributed by atoms with Crippen molar-refractivity contribution >= 4 is 35.5 Å². The molecule has 12 nitrogen and oxygen atoms in total. The first-order valence-corrected chi connectivity index (χ1v) is 16.8. The van der Waals surface area contributed by atoms with Gasteiger partial charge in [-0.25, -0.2) is 32.9 Å². The lowest BCUT2D eigenvalue weighted by Gasteiger charge is -2.35. The van der Waals surface area contributed by atoms with Crippen molar-refractivity contribution < 1.29 is 40.7 Å². The molecule has 3 N–H and O–H groups in total. The molecule has 1 saturated carbocycles. The van der Waals surface area contributed by atoms with Gasteiger partial charge in [-0.1, -0.05) is 62.7 Å². The third-order valence-electron chi connectivity index (χ3n) is 9.11. The lowest BCUT2D eigenvalue weighted by Crippen LogP contribution is -2.50. The first kappa shape index (κ1) is 38.3. The number of guanidine groups is 1. The molecule has 0 bridgehead atoms. The van der Waals surface area contributed by atoms with E-state index in [9.17, 15) is 35.9 Å². The molecule has 0 radical (unpaired) electrons. The van der Waals surface area contributed by atoms with Crippen molar-refractivity contribution in [1.82, 2.24) is 34.8 Å². The number of rotatable bonds is 11. The number of hydrogen-bond acceptors (Lipinski definition) is 8. The number of nitrogens with zero attached hydrogens (tertiary/aromatic N) is 7. The fraction of sp³-hybridized carbons (Fsp3) is 0.371. The summed E-state index contributed by atoms with van der Waals surface area (Å²) in [6.07, 6.45) is -5.99. The Kier molecular flexibility index (Phi) is 9.79. The van der Waals surface area contributed by atoms with Gasteiger partial charge in [-0.2, -0.15) is 27.8 Å². The van der Waals surface area contributed by atoms with Gasteiger partial charge >= 0.3 is 12.3 Å². The van der Waals surface area contributed by atoms with E-state index in [4.69, 9.17) is 27.1 Å². The quantitative estimate of drug-likeness (QED) is 0.150. The standard InChI is InChI=1S/C35H34ClF6N9O3/c1-19(37)49-15-22(14-45-49)20-5-8-23(9-6-20)34(17-32(2,3)4)29(52)50(30(43)47-34)26(16-54-31(53)48-33(11-12-33)35(40,41)42)21-7-10-24(36)25(13-21)51-28(27(38)39)44-18-46-51/h5-10,13-15,18,26-27H,1,11-12,16-17H2,2-4H3,(H2,43,47)(H,48,53)/t26-,34-/m1/s1. The summed E-state index contributed by atoms with van der Waals surface area (Å²) in [5, 5.41) is 9.64. The average molecular weight is 778 g/mol. The van der Waals surface area contributed by atoms with E-state index >= 15 is 0 Å². The summed E-state index contributed by atoms with van der Waals surface area (Å²) in [6.45, 7) is 8.13. The van der Waals surface area contributed by atoms with Gasteiger partial charge in [0, 0.05) is 11.8 Å². The number of aromatic nitrogens is 5. The smallest absolute Gasteiger partial charge is 0.411 e. The summed E-state index contributed by atoms with van der Waals surface area (Å²) in [7, 11) is 0. The van der Waals surface area contributed by atoms with Crippen LogP contribution in [0.5, 0.6) is 0 Å². The van der Waals surface area contributed by atoms with Gasteiger partial charge in [0.1, 0.15) is 18.5 Å². The minimum absolute atomic E-state index is 0.0395. The maximum atomic E-state index is 14.9.